The fourth-order valence-corrected chi connectivity index (χ4v) is 5.55. The van der Waals surface area contributed by atoms with Crippen LogP contribution in [0, 0.1) is 42.9 Å². The largest absolute Gasteiger partial charge is 0.449 e. The van der Waals surface area contributed by atoms with Crippen molar-refractivity contribution in [2.45, 2.75) is 20.0 Å². The smallest absolute Gasteiger partial charge is 0.417 e. The zero-order valence-corrected chi connectivity index (χ0v) is 24.0. The number of aromatic nitrogens is 2. The molecule has 47 heavy (non-hydrogen) atoms. The van der Waals surface area contributed by atoms with Crippen LogP contribution >= 0.6 is 0 Å². The van der Waals surface area contributed by atoms with Gasteiger partial charge in [0.2, 0.25) is 34.8 Å². The second-order valence-corrected chi connectivity index (χ2v) is 10.7. The van der Waals surface area contributed by atoms with Gasteiger partial charge in [-0.2, -0.15) is 22.0 Å². The van der Waals surface area contributed by atoms with Crippen LogP contribution in [0.2, 0.25) is 0 Å². The molecule has 4 aromatic carbocycles. The Labute approximate surface area is 255 Å². The molecule has 2 heterocycles. The molecule has 0 atom stereocenters. The standard InChI is InChI=1S/C32H16F8N2O5/c1-11-4-6-14(12(2)8-11)15-7-5-13(9-18(15)32(38,39)40)42-29(44)17-10-16-19(30(45)41(3)28(16)43)26(20(17)31(42)46)47-27-24(36)22(34)21(33)23(35)25(27)37/h4-10H,1-3H3. The van der Waals surface area contributed by atoms with Crippen LogP contribution in [-0.2, 0) is 13.2 Å². The van der Waals surface area contributed by atoms with Crippen molar-refractivity contribution in [3.63, 3.8) is 0 Å². The summed E-state index contributed by atoms with van der Waals surface area (Å²) in [7, 11) is 0.962. The number of alkyl halides is 3. The van der Waals surface area contributed by atoms with Gasteiger partial charge >= 0.3 is 6.18 Å². The Morgan fingerprint density at radius 1 is 0.617 bits per heavy atom. The lowest BCUT2D eigenvalue weighted by atomic mass is 9.94. The monoisotopic (exact) mass is 660 g/mol. The lowest BCUT2D eigenvalue weighted by molar-refractivity contribution is -0.137. The third kappa shape index (κ3) is 4.55. The lowest BCUT2D eigenvalue weighted by Gasteiger charge is -2.16. The SMILES string of the molecule is Cc1ccc(-c2ccc(-n3c(=O)c4cc5c(=O)n(C)c(=O)c5c(Oc5c(F)c(F)c(F)c(F)c5F)c4c3=O)cc2C(F)(F)F)c(C)c1. The maximum Gasteiger partial charge on any atom is 0.417 e. The number of hydrogen-bond acceptors (Lipinski definition) is 5. The van der Waals surface area contributed by atoms with E-state index in [1.165, 1.54) is 6.07 Å². The van der Waals surface area contributed by atoms with Crippen LogP contribution in [0.25, 0.3) is 38.4 Å². The fourth-order valence-electron chi connectivity index (χ4n) is 5.55. The van der Waals surface area contributed by atoms with Gasteiger partial charge in [-0.15, -0.1) is 0 Å². The lowest BCUT2D eigenvalue weighted by Crippen LogP contribution is -2.24. The van der Waals surface area contributed by atoms with Crippen molar-refractivity contribution in [1.29, 1.82) is 0 Å². The molecule has 0 aliphatic rings. The van der Waals surface area contributed by atoms with Crippen LogP contribution in [0.5, 0.6) is 11.5 Å². The first-order valence-electron chi connectivity index (χ1n) is 13.4. The molecule has 0 unspecified atom stereocenters. The van der Waals surface area contributed by atoms with Crippen LogP contribution in [0.3, 0.4) is 0 Å². The summed E-state index contributed by atoms with van der Waals surface area (Å²) in [5, 5.41) is -3.22. The second kappa shape index (κ2) is 10.5. The van der Waals surface area contributed by atoms with Gasteiger partial charge in [0, 0.05) is 7.05 Å². The molecule has 6 rings (SSSR count). The van der Waals surface area contributed by atoms with Gasteiger partial charge < -0.3 is 4.74 Å². The molecular weight excluding hydrogens is 644 g/mol. The minimum Gasteiger partial charge on any atom is -0.449 e. The summed E-state index contributed by atoms with van der Waals surface area (Å²) in [6, 6.07) is 8.02. The van der Waals surface area contributed by atoms with Gasteiger partial charge in [0.15, 0.2) is 5.75 Å². The normalized spacial score (nSPS) is 12.1. The van der Waals surface area contributed by atoms with Crippen molar-refractivity contribution in [3.05, 3.63) is 130 Å². The summed E-state index contributed by atoms with van der Waals surface area (Å²) in [6.45, 7) is 3.33. The molecule has 0 radical (unpaired) electrons. The Bertz CT molecular complexity index is 2530. The molecule has 0 spiro atoms. The van der Waals surface area contributed by atoms with Crippen molar-refractivity contribution >= 4 is 21.5 Å². The number of benzene rings is 4. The quantitative estimate of drug-likeness (QED) is 0.127. The minimum atomic E-state index is -5.01. The van der Waals surface area contributed by atoms with Gasteiger partial charge in [-0.25, -0.2) is 17.7 Å². The van der Waals surface area contributed by atoms with E-state index in [0.717, 1.165) is 30.8 Å². The van der Waals surface area contributed by atoms with Gasteiger partial charge in [0.1, 0.15) is 0 Å². The summed E-state index contributed by atoms with van der Waals surface area (Å²) in [6.07, 6.45) is -5.01. The van der Waals surface area contributed by atoms with Crippen molar-refractivity contribution in [3.8, 4) is 28.3 Å². The Morgan fingerprint density at radius 2 is 1.17 bits per heavy atom. The van der Waals surface area contributed by atoms with Crippen molar-refractivity contribution in [2.75, 3.05) is 0 Å². The van der Waals surface area contributed by atoms with Crippen molar-refractivity contribution < 1.29 is 39.9 Å². The third-order valence-electron chi connectivity index (χ3n) is 7.80. The summed E-state index contributed by atoms with van der Waals surface area (Å²) >= 11 is 0. The number of aryl methyl sites for hydroxylation is 2. The first-order valence-corrected chi connectivity index (χ1v) is 13.4. The van der Waals surface area contributed by atoms with E-state index in [2.05, 4.69) is 0 Å². The summed E-state index contributed by atoms with van der Waals surface area (Å²) in [5.41, 5.74) is -5.83. The van der Waals surface area contributed by atoms with Crippen LogP contribution in [0.15, 0.2) is 61.6 Å². The molecule has 2 aromatic heterocycles. The van der Waals surface area contributed by atoms with E-state index in [4.69, 9.17) is 4.74 Å². The highest BCUT2D eigenvalue weighted by Gasteiger charge is 2.36. The Balaban J connectivity index is 1.70. The van der Waals surface area contributed by atoms with Gasteiger partial charge in [0.05, 0.1) is 32.8 Å². The molecule has 240 valence electrons. The van der Waals surface area contributed by atoms with Gasteiger partial charge in [-0.1, -0.05) is 29.8 Å². The third-order valence-corrected chi connectivity index (χ3v) is 7.80. The molecule has 6 aromatic rings. The van der Waals surface area contributed by atoms with E-state index in [9.17, 15) is 54.3 Å². The van der Waals surface area contributed by atoms with Crippen molar-refractivity contribution in [2.24, 2.45) is 7.05 Å². The number of hydrogen-bond donors (Lipinski definition) is 0. The van der Waals surface area contributed by atoms with Crippen LogP contribution in [-0.4, -0.2) is 9.13 Å². The zero-order valence-electron chi connectivity index (χ0n) is 24.0. The van der Waals surface area contributed by atoms with Gasteiger partial charge in [0.25, 0.3) is 22.2 Å². The van der Waals surface area contributed by atoms with Crippen molar-refractivity contribution in [1.82, 2.24) is 9.13 Å². The van der Waals surface area contributed by atoms with Crippen LogP contribution < -0.4 is 27.0 Å². The molecule has 0 N–H and O–H groups in total. The van der Waals surface area contributed by atoms with Gasteiger partial charge in [-0.05, 0) is 48.7 Å². The molecule has 0 aliphatic carbocycles. The second-order valence-electron chi connectivity index (χ2n) is 10.7. The highest BCUT2D eigenvalue weighted by atomic mass is 19.4. The highest BCUT2D eigenvalue weighted by Crippen LogP contribution is 2.41. The first-order chi connectivity index (χ1) is 21.9. The maximum absolute atomic E-state index is 14.7. The molecule has 0 saturated carbocycles. The van der Waals surface area contributed by atoms with Crippen LogP contribution in [0.4, 0.5) is 35.1 Å². The summed E-state index contributed by atoms with van der Waals surface area (Å²) in [5.74, 6) is -15.7. The molecule has 0 bridgehead atoms. The number of nitrogens with zero attached hydrogens (tertiary/aromatic N) is 2. The predicted octanol–water partition coefficient (Wildman–Crippen LogP) is 6.23. The molecule has 15 heteroatoms. The topological polar surface area (TPSA) is 87.4 Å². The Morgan fingerprint density at radius 3 is 1.77 bits per heavy atom. The Kier molecular flexibility index (Phi) is 6.99. The molecular formula is C32H16F8N2O5. The molecule has 0 amide bonds. The average Bonchev–Trinajstić information content (AvgIpc) is 3.39. The molecule has 7 nitrogen and oxygen atoms in total. The first kappa shape index (κ1) is 31.4. The van der Waals surface area contributed by atoms with Crippen LogP contribution in [0.1, 0.15) is 16.7 Å². The summed E-state index contributed by atoms with van der Waals surface area (Å²) < 4.78 is 120. The van der Waals surface area contributed by atoms with E-state index in [-0.39, 0.29) is 15.7 Å². The summed E-state index contributed by atoms with van der Waals surface area (Å²) in [4.78, 5) is 53.2. The van der Waals surface area contributed by atoms with E-state index in [1.807, 2.05) is 0 Å². The zero-order chi connectivity index (χ0) is 34.4. The average molecular weight is 660 g/mol. The van der Waals surface area contributed by atoms with Gasteiger partial charge in [-0.3, -0.25) is 23.7 Å². The highest BCUT2D eigenvalue weighted by molar-refractivity contribution is 6.05. The number of rotatable bonds is 4. The fraction of sp³-hybridized carbons (Fsp3) is 0.125. The molecule has 0 fully saturated rings. The molecule has 0 aliphatic heterocycles. The minimum absolute atomic E-state index is 0.202. The maximum atomic E-state index is 14.7. The number of fused-ring (bicyclic) bond motifs is 2. The Hall–Kier alpha value is -5.60. The predicted molar refractivity (Wildman–Crippen MR) is 153 cm³/mol. The number of ether oxygens (including phenoxy) is 1. The van der Waals surface area contributed by atoms with E-state index >= 15 is 0 Å². The van der Waals surface area contributed by atoms with E-state index < -0.39 is 102 Å². The van der Waals surface area contributed by atoms with E-state index in [0.29, 0.717) is 16.2 Å². The number of halogens is 8. The molecule has 0 saturated heterocycles. The van der Waals surface area contributed by atoms with E-state index in [1.54, 1.807) is 26.0 Å².